The van der Waals surface area contributed by atoms with Crippen molar-refractivity contribution in [2.75, 3.05) is 6.61 Å². The van der Waals surface area contributed by atoms with E-state index in [9.17, 15) is 13.5 Å². The van der Waals surface area contributed by atoms with Gasteiger partial charge in [-0.15, -0.1) is 0 Å². The number of aryl methyl sites for hydroxylation is 1. The van der Waals surface area contributed by atoms with Crippen molar-refractivity contribution in [2.24, 2.45) is 40.4 Å². The van der Waals surface area contributed by atoms with Crippen molar-refractivity contribution in [3.8, 4) is 0 Å². The molecule has 0 saturated heterocycles. The summed E-state index contributed by atoms with van der Waals surface area (Å²) in [4.78, 5) is 0.247. The highest BCUT2D eigenvalue weighted by Gasteiger charge is 2.59. The van der Waals surface area contributed by atoms with Gasteiger partial charge in [0.05, 0.1) is 17.1 Å². The normalized spacial score (nSPS) is 41.4. The van der Waals surface area contributed by atoms with Crippen LogP contribution in [0, 0.1) is 47.3 Å². The first-order valence-electron chi connectivity index (χ1n) is 14.2. The molecule has 5 rings (SSSR count). The van der Waals surface area contributed by atoms with E-state index in [4.69, 9.17) is 4.18 Å². The Morgan fingerprint density at radius 2 is 1.72 bits per heavy atom. The summed E-state index contributed by atoms with van der Waals surface area (Å²) in [5.41, 5.74) is 2.58. The van der Waals surface area contributed by atoms with Crippen LogP contribution in [0.25, 0.3) is 0 Å². The molecule has 0 bridgehead atoms. The fraction of sp³-hybridized carbons (Fsp3) is 0.742. The molecule has 36 heavy (non-hydrogen) atoms. The smallest absolute Gasteiger partial charge is 0.296 e. The highest BCUT2D eigenvalue weighted by atomic mass is 32.2. The molecule has 0 amide bonds. The molecule has 4 aliphatic rings. The van der Waals surface area contributed by atoms with Crippen molar-refractivity contribution >= 4 is 10.1 Å². The maximum Gasteiger partial charge on any atom is 0.296 e. The lowest BCUT2D eigenvalue weighted by Crippen LogP contribution is -2.49. The summed E-state index contributed by atoms with van der Waals surface area (Å²) in [5, 5.41) is 10.8. The SMILES string of the molecule is Cc1ccc(S(=O)(=O)OCC(C)[C@H]2CC[C@H]3[C@@H]4CC=C5CC[C@](C)(O)CC[C@]5(C)[C@H]4CC[C@]23C)cc1. The topological polar surface area (TPSA) is 63.6 Å². The monoisotopic (exact) mass is 514 g/mol. The summed E-state index contributed by atoms with van der Waals surface area (Å²) < 4.78 is 31.2. The molecule has 0 spiro atoms. The average Bonchev–Trinajstić information content (AvgIpc) is 3.12. The molecule has 4 aliphatic carbocycles. The first-order valence-corrected chi connectivity index (χ1v) is 15.6. The number of hydrogen-bond donors (Lipinski definition) is 1. The molecule has 200 valence electrons. The summed E-state index contributed by atoms with van der Waals surface area (Å²) in [6, 6.07) is 6.92. The summed E-state index contributed by atoms with van der Waals surface area (Å²) in [7, 11) is -3.73. The quantitative estimate of drug-likeness (QED) is 0.338. The maximum atomic E-state index is 12.8. The molecule has 3 saturated carbocycles. The number of fused-ring (bicyclic) bond motifs is 5. The van der Waals surface area contributed by atoms with Gasteiger partial charge in [-0.2, -0.15) is 8.42 Å². The van der Waals surface area contributed by atoms with E-state index >= 15 is 0 Å². The Hall–Kier alpha value is -1.17. The average molecular weight is 515 g/mol. The van der Waals surface area contributed by atoms with Crippen LogP contribution in [-0.4, -0.2) is 25.7 Å². The molecule has 1 unspecified atom stereocenters. The van der Waals surface area contributed by atoms with Gasteiger partial charge in [0.2, 0.25) is 0 Å². The summed E-state index contributed by atoms with van der Waals surface area (Å²) in [6.07, 6.45) is 12.5. The highest BCUT2D eigenvalue weighted by Crippen LogP contribution is 2.67. The minimum absolute atomic E-state index is 0.204. The van der Waals surface area contributed by atoms with E-state index in [1.807, 2.05) is 26.0 Å². The van der Waals surface area contributed by atoms with Crippen LogP contribution in [0.4, 0.5) is 0 Å². The molecule has 0 radical (unpaired) electrons. The Bertz CT molecular complexity index is 1100. The third kappa shape index (κ3) is 4.52. The zero-order valence-electron chi connectivity index (χ0n) is 22.9. The molecule has 1 N–H and O–H groups in total. The van der Waals surface area contributed by atoms with Crippen LogP contribution in [-0.2, 0) is 14.3 Å². The van der Waals surface area contributed by atoms with Crippen molar-refractivity contribution in [3.05, 3.63) is 41.5 Å². The van der Waals surface area contributed by atoms with E-state index in [-0.39, 0.29) is 28.3 Å². The van der Waals surface area contributed by atoms with Crippen LogP contribution in [0.1, 0.15) is 91.0 Å². The van der Waals surface area contributed by atoms with Crippen LogP contribution in [0.5, 0.6) is 0 Å². The van der Waals surface area contributed by atoms with Gasteiger partial charge in [-0.1, -0.05) is 50.1 Å². The van der Waals surface area contributed by atoms with Crippen molar-refractivity contribution in [1.82, 2.24) is 0 Å². The Balaban J connectivity index is 1.30. The highest BCUT2D eigenvalue weighted by molar-refractivity contribution is 7.86. The van der Waals surface area contributed by atoms with Gasteiger partial charge in [0.25, 0.3) is 10.1 Å². The minimum Gasteiger partial charge on any atom is -0.390 e. The molecule has 3 fully saturated rings. The summed E-state index contributed by atoms with van der Waals surface area (Å²) in [5.74, 6) is 2.79. The predicted molar refractivity (Wildman–Crippen MR) is 144 cm³/mol. The zero-order chi connectivity index (χ0) is 25.9. The van der Waals surface area contributed by atoms with E-state index in [0.717, 1.165) is 31.2 Å². The molecule has 1 aromatic rings. The van der Waals surface area contributed by atoms with Gasteiger partial charge in [-0.3, -0.25) is 4.18 Å². The summed E-state index contributed by atoms with van der Waals surface area (Å²) >= 11 is 0. The Morgan fingerprint density at radius 3 is 2.44 bits per heavy atom. The second kappa shape index (κ2) is 9.24. The second-order valence-corrected chi connectivity index (χ2v) is 15.1. The van der Waals surface area contributed by atoms with Gasteiger partial charge in [0.15, 0.2) is 0 Å². The lowest BCUT2D eigenvalue weighted by Gasteiger charge is -2.57. The third-order valence-electron chi connectivity index (χ3n) is 11.3. The molecule has 5 heteroatoms. The van der Waals surface area contributed by atoms with Gasteiger partial charge < -0.3 is 5.11 Å². The van der Waals surface area contributed by atoms with Gasteiger partial charge in [-0.25, -0.2) is 0 Å². The van der Waals surface area contributed by atoms with E-state index < -0.39 is 15.7 Å². The molecule has 0 heterocycles. The van der Waals surface area contributed by atoms with E-state index in [2.05, 4.69) is 26.8 Å². The number of hydrogen-bond acceptors (Lipinski definition) is 4. The van der Waals surface area contributed by atoms with E-state index in [1.165, 1.54) is 32.1 Å². The molecular formula is C31H46O4S. The minimum atomic E-state index is -3.73. The Labute approximate surface area is 219 Å². The lowest BCUT2D eigenvalue weighted by molar-refractivity contribution is -0.0510. The van der Waals surface area contributed by atoms with Crippen molar-refractivity contribution < 1.29 is 17.7 Å². The molecule has 1 aromatic carbocycles. The number of benzene rings is 1. The molecule has 0 aliphatic heterocycles. The Kier molecular flexibility index (Phi) is 6.78. The van der Waals surface area contributed by atoms with E-state index in [0.29, 0.717) is 23.7 Å². The van der Waals surface area contributed by atoms with Crippen molar-refractivity contribution in [2.45, 2.75) is 103 Å². The van der Waals surface area contributed by atoms with Crippen LogP contribution in [0.3, 0.4) is 0 Å². The number of rotatable bonds is 5. The number of allylic oxidation sites excluding steroid dienone is 2. The van der Waals surface area contributed by atoms with Gasteiger partial charge in [-0.05, 0) is 124 Å². The first kappa shape index (κ1) is 26.4. The fourth-order valence-corrected chi connectivity index (χ4v) is 10.0. The fourth-order valence-electron chi connectivity index (χ4n) is 9.01. The van der Waals surface area contributed by atoms with Crippen molar-refractivity contribution in [1.29, 1.82) is 0 Å². The largest absolute Gasteiger partial charge is 0.390 e. The van der Waals surface area contributed by atoms with Gasteiger partial charge in [0, 0.05) is 0 Å². The standard InChI is InChI=1S/C31H46O4S/c1-21-6-9-24(10-7-21)36(33,34)35-20-22(2)26-12-13-27-25-11-8-23-14-16-29(3,32)18-19-30(23,4)28(25)15-17-31(26,27)5/h6-10,22,25-28,32H,11-20H2,1-5H3/t22?,25-,26+,27-,28-,29-,30-,31+/m0/s1. The predicted octanol–water partition coefficient (Wildman–Crippen LogP) is 7.06. The van der Waals surface area contributed by atoms with Gasteiger partial charge >= 0.3 is 0 Å². The number of aliphatic hydroxyl groups is 1. The molecule has 4 nitrogen and oxygen atoms in total. The Morgan fingerprint density at radius 1 is 1.00 bits per heavy atom. The summed E-state index contributed by atoms with van der Waals surface area (Å²) in [6.45, 7) is 11.4. The third-order valence-corrected chi connectivity index (χ3v) is 12.6. The van der Waals surface area contributed by atoms with Crippen LogP contribution < -0.4 is 0 Å². The first-order chi connectivity index (χ1) is 16.9. The van der Waals surface area contributed by atoms with Crippen LogP contribution >= 0.6 is 0 Å². The van der Waals surface area contributed by atoms with Crippen molar-refractivity contribution in [3.63, 3.8) is 0 Å². The van der Waals surface area contributed by atoms with Crippen LogP contribution in [0.2, 0.25) is 0 Å². The molecule has 0 aromatic heterocycles. The zero-order valence-corrected chi connectivity index (χ0v) is 23.7. The van der Waals surface area contributed by atoms with Crippen LogP contribution in [0.15, 0.2) is 40.8 Å². The van der Waals surface area contributed by atoms with E-state index in [1.54, 1.807) is 17.7 Å². The maximum absolute atomic E-state index is 12.8. The molecular weight excluding hydrogens is 468 g/mol. The lowest BCUT2D eigenvalue weighted by atomic mass is 9.48. The second-order valence-electron chi connectivity index (χ2n) is 13.5. The van der Waals surface area contributed by atoms with Gasteiger partial charge in [0.1, 0.15) is 0 Å². The molecule has 8 atom stereocenters.